The molecule has 7 heteroatoms. The van der Waals surface area contributed by atoms with E-state index in [9.17, 15) is 5.11 Å². The van der Waals surface area contributed by atoms with Crippen LogP contribution in [0.25, 0.3) is 10.9 Å². The van der Waals surface area contributed by atoms with Crippen LogP contribution in [-0.4, -0.2) is 16.3 Å². The number of hydrogen-bond acceptors (Lipinski definition) is 5. The van der Waals surface area contributed by atoms with E-state index in [0.717, 1.165) is 4.88 Å². The van der Waals surface area contributed by atoms with Crippen molar-refractivity contribution in [2.75, 3.05) is 5.43 Å². The Bertz CT molecular complexity index is 877. The lowest BCUT2D eigenvalue weighted by molar-refractivity contribution is 0.480. The highest BCUT2D eigenvalue weighted by Gasteiger charge is 2.11. The van der Waals surface area contributed by atoms with Crippen molar-refractivity contribution >= 4 is 57.5 Å². The van der Waals surface area contributed by atoms with Crippen molar-refractivity contribution < 1.29 is 5.11 Å². The number of pyridine rings is 1. The molecule has 3 rings (SSSR count). The molecule has 0 bridgehead atoms. The monoisotopic (exact) mass is 351 g/mol. The summed E-state index contributed by atoms with van der Waals surface area (Å²) in [6.07, 6.45) is 1.73. The van der Waals surface area contributed by atoms with Gasteiger partial charge >= 0.3 is 0 Å². The summed E-state index contributed by atoms with van der Waals surface area (Å²) in [5, 5.41) is 17.4. The summed E-state index contributed by atoms with van der Waals surface area (Å²) in [6, 6.07) is 7.02. The number of rotatable bonds is 3. The van der Waals surface area contributed by atoms with Crippen LogP contribution >= 0.6 is 34.5 Å². The van der Waals surface area contributed by atoms with Crippen LogP contribution in [-0.2, 0) is 0 Å². The van der Waals surface area contributed by atoms with Crippen molar-refractivity contribution in [2.24, 2.45) is 5.10 Å². The molecule has 0 unspecified atom stereocenters. The summed E-state index contributed by atoms with van der Waals surface area (Å²) in [5.41, 5.74) is 4.34. The van der Waals surface area contributed by atoms with Gasteiger partial charge in [-0.15, -0.1) is 11.3 Å². The number of nitrogens with zero attached hydrogens (tertiary/aromatic N) is 2. The second-order valence-corrected chi connectivity index (χ2v) is 6.38. The fourth-order valence-corrected chi connectivity index (χ4v) is 3.24. The van der Waals surface area contributed by atoms with E-state index in [-0.39, 0.29) is 10.8 Å². The van der Waals surface area contributed by atoms with Crippen LogP contribution in [0.15, 0.2) is 34.7 Å². The highest BCUT2D eigenvalue weighted by molar-refractivity contribution is 7.11. The summed E-state index contributed by atoms with van der Waals surface area (Å²) in [5.74, 6) is 0.398. The fourth-order valence-electron chi connectivity index (χ4n) is 1.94. The van der Waals surface area contributed by atoms with Crippen LogP contribution in [0, 0.1) is 6.92 Å². The average Bonchev–Trinajstić information content (AvgIpc) is 2.90. The predicted molar refractivity (Wildman–Crippen MR) is 93.7 cm³/mol. The maximum Gasteiger partial charge on any atom is 0.160 e. The molecule has 0 amide bonds. The molecule has 0 fully saturated rings. The molecule has 0 spiro atoms. The molecule has 4 nitrogen and oxygen atoms in total. The van der Waals surface area contributed by atoms with Gasteiger partial charge in [0.25, 0.3) is 0 Å². The maximum absolute atomic E-state index is 10.0. The number of hydrogen-bond donors (Lipinski definition) is 2. The summed E-state index contributed by atoms with van der Waals surface area (Å²) >= 11 is 13.6. The van der Waals surface area contributed by atoms with Gasteiger partial charge in [0.1, 0.15) is 11.3 Å². The molecule has 0 atom stereocenters. The maximum atomic E-state index is 10.0. The second-order valence-electron chi connectivity index (χ2n) is 4.62. The van der Waals surface area contributed by atoms with Gasteiger partial charge in [-0.2, -0.15) is 5.10 Å². The number of aromatic hydroxyl groups is 1. The summed E-state index contributed by atoms with van der Waals surface area (Å²) < 4.78 is 0. The number of halogens is 2. The number of aryl methyl sites for hydroxylation is 1. The Kier molecular flexibility index (Phi) is 4.20. The molecule has 0 aliphatic rings. The van der Waals surface area contributed by atoms with Crippen molar-refractivity contribution in [1.82, 2.24) is 4.98 Å². The van der Waals surface area contributed by atoms with E-state index in [0.29, 0.717) is 21.7 Å². The lowest BCUT2D eigenvalue weighted by Gasteiger charge is -2.06. The average molecular weight is 352 g/mol. The Hall–Kier alpha value is -1.82. The van der Waals surface area contributed by atoms with Gasteiger partial charge in [-0.1, -0.05) is 23.2 Å². The third-order valence-electron chi connectivity index (χ3n) is 3.12. The predicted octanol–water partition coefficient (Wildman–Crippen LogP) is 5.06. The number of hydrazone groups is 1. The molecule has 3 aromatic rings. The van der Waals surface area contributed by atoms with Crippen LogP contribution < -0.4 is 5.43 Å². The minimum absolute atomic E-state index is 0.0946. The Morgan fingerprint density at radius 2 is 2.09 bits per heavy atom. The topological polar surface area (TPSA) is 57.5 Å². The van der Waals surface area contributed by atoms with Gasteiger partial charge in [0, 0.05) is 10.3 Å². The molecule has 2 N–H and O–H groups in total. The SMILES string of the molecule is Cc1ccsc1/C=N/Nc1ccc2c(Cl)cc(Cl)c(O)c2n1. The van der Waals surface area contributed by atoms with Gasteiger partial charge in [-0.25, -0.2) is 4.98 Å². The first-order chi connectivity index (χ1) is 10.6. The molecule has 0 saturated heterocycles. The van der Waals surface area contributed by atoms with Crippen LogP contribution in [0.3, 0.4) is 0 Å². The molecule has 2 aromatic heterocycles. The zero-order valence-corrected chi connectivity index (χ0v) is 13.8. The van der Waals surface area contributed by atoms with Gasteiger partial charge in [-0.3, -0.25) is 5.43 Å². The van der Waals surface area contributed by atoms with Gasteiger partial charge in [0.2, 0.25) is 0 Å². The quantitative estimate of drug-likeness (QED) is 0.511. The Labute approximate surface area is 141 Å². The number of nitrogens with one attached hydrogen (secondary N) is 1. The first-order valence-corrected chi connectivity index (χ1v) is 8.00. The lowest BCUT2D eigenvalue weighted by Crippen LogP contribution is -1.94. The molecule has 1 aromatic carbocycles. The minimum Gasteiger partial charge on any atom is -0.504 e. The third-order valence-corrected chi connectivity index (χ3v) is 4.67. The van der Waals surface area contributed by atoms with E-state index in [1.54, 1.807) is 29.7 Å². The highest BCUT2D eigenvalue weighted by Crippen LogP contribution is 2.36. The molecule has 112 valence electrons. The fraction of sp³-hybridized carbons (Fsp3) is 0.0667. The summed E-state index contributed by atoms with van der Waals surface area (Å²) in [4.78, 5) is 5.37. The van der Waals surface area contributed by atoms with Crippen molar-refractivity contribution in [3.05, 3.63) is 50.1 Å². The third kappa shape index (κ3) is 2.88. The van der Waals surface area contributed by atoms with Gasteiger partial charge in [0.15, 0.2) is 5.75 Å². The van der Waals surface area contributed by atoms with E-state index in [2.05, 4.69) is 15.5 Å². The number of benzene rings is 1. The summed E-state index contributed by atoms with van der Waals surface area (Å²) in [7, 11) is 0. The molecule has 22 heavy (non-hydrogen) atoms. The van der Waals surface area contributed by atoms with Gasteiger partial charge in [-0.05, 0) is 42.1 Å². The molecule has 0 aliphatic heterocycles. The number of thiophene rings is 1. The van der Waals surface area contributed by atoms with Crippen molar-refractivity contribution in [2.45, 2.75) is 6.92 Å². The highest BCUT2D eigenvalue weighted by atomic mass is 35.5. The van der Waals surface area contributed by atoms with Crippen molar-refractivity contribution in [3.63, 3.8) is 0 Å². The largest absolute Gasteiger partial charge is 0.504 e. The molecular weight excluding hydrogens is 341 g/mol. The van der Waals surface area contributed by atoms with E-state index in [1.165, 1.54) is 11.6 Å². The van der Waals surface area contributed by atoms with Crippen molar-refractivity contribution in [3.8, 4) is 5.75 Å². The van der Waals surface area contributed by atoms with Gasteiger partial charge in [0.05, 0.1) is 16.3 Å². The first-order valence-electron chi connectivity index (χ1n) is 6.37. The number of aromatic nitrogens is 1. The molecular formula is C15H11Cl2N3OS. The Morgan fingerprint density at radius 3 is 2.82 bits per heavy atom. The normalized spacial score (nSPS) is 11.4. The smallest absolute Gasteiger partial charge is 0.160 e. The van der Waals surface area contributed by atoms with Gasteiger partial charge < -0.3 is 5.11 Å². The molecule has 0 radical (unpaired) electrons. The number of fused-ring (bicyclic) bond motifs is 1. The first kappa shape index (κ1) is 15.1. The van der Waals surface area contributed by atoms with Crippen LogP contribution in [0.5, 0.6) is 5.75 Å². The van der Waals surface area contributed by atoms with E-state index in [1.807, 2.05) is 18.4 Å². The Balaban J connectivity index is 1.91. The van der Waals surface area contributed by atoms with Crippen LogP contribution in [0.2, 0.25) is 10.0 Å². The second kappa shape index (κ2) is 6.12. The Morgan fingerprint density at radius 1 is 1.27 bits per heavy atom. The van der Waals surface area contributed by atoms with Crippen LogP contribution in [0.4, 0.5) is 5.82 Å². The zero-order valence-electron chi connectivity index (χ0n) is 11.5. The zero-order chi connectivity index (χ0) is 15.7. The molecule has 2 heterocycles. The van der Waals surface area contributed by atoms with E-state index >= 15 is 0 Å². The molecule has 0 aliphatic carbocycles. The van der Waals surface area contributed by atoms with Crippen LogP contribution in [0.1, 0.15) is 10.4 Å². The van der Waals surface area contributed by atoms with E-state index < -0.39 is 0 Å². The standard InChI is InChI=1S/C15H11Cl2N3OS/c1-8-4-5-22-12(8)7-18-20-13-3-2-9-10(16)6-11(17)15(21)14(9)19-13/h2-7,21H,1H3,(H,19,20)/b18-7+. The summed E-state index contributed by atoms with van der Waals surface area (Å²) in [6.45, 7) is 2.02. The van der Waals surface area contributed by atoms with Crippen molar-refractivity contribution in [1.29, 1.82) is 0 Å². The molecule has 0 saturated carbocycles. The van der Waals surface area contributed by atoms with E-state index in [4.69, 9.17) is 23.2 Å². The number of phenols is 1. The lowest BCUT2D eigenvalue weighted by atomic mass is 10.2. The number of anilines is 1. The number of phenolic OH excluding ortho intramolecular Hbond substituents is 1. The minimum atomic E-state index is -0.0946.